The number of carboxylic acid groups (broad SMARTS) is 1. The Hall–Kier alpha value is -2.37. The van der Waals surface area contributed by atoms with Gasteiger partial charge in [0.25, 0.3) is 0 Å². The van der Waals surface area contributed by atoms with Crippen LogP contribution in [0.2, 0.25) is 0 Å². The van der Waals surface area contributed by atoms with Gasteiger partial charge in [0.15, 0.2) is 0 Å². The maximum atomic E-state index is 12.8. The molecular formula is C12H9FN2O3. The normalized spacial score (nSPS) is 13.7. The molecule has 1 aliphatic rings. The van der Waals surface area contributed by atoms with Gasteiger partial charge in [-0.2, -0.15) is 0 Å². The van der Waals surface area contributed by atoms with E-state index in [0.29, 0.717) is 22.9 Å². The minimum Gasteiger partial charge on any atom is -0.465 e. The van der Waals surface area contributed by atoms with Crippen LogP contribution in [0.5, 0.6) is 0 Å². The van der Waals surface area contributed by atoms with Gasteiger partial charge in [0.05, 0.1) is 13.1 Å². The van der Waals surface area contributed by atoms with Gasteiger partial charge < -0.3 is 9.52 Å². The molecule has 0 unspecified atom stereocenters. The highest BCUT2D eigenvalue weighted by Crippen LogP contribution is 2.28. The minimum atomic E-state index is -0.994. The van der Waals surface area contributed by atoms with Crippen molar-refractivity contribution in [3.05, 3.63) is 41.5 Å². The van der Waals surface area contributed by atoms with Crippen LogP contribution in [0, 0.1) is 5.82 Å². The SMILES string of the molecule is O=C(O)N1Cc2nc(-c3ccc(F)cc3)oc2C1. The fraction of sp³-hybridized carbons (Fsp3) is 0.167. The topological polar surface area (TPSA) is 66.6 Å². The van der Waals surface area contributed by atoms with E-state index >= 15 is 0 Å². The zero-order chi connectivity index (χ0) is 12.7. The van der Waals surface area contributed by atoms with Gasteiger partial charge >= 0.3 is 6.09 Å². The maximum absolute atomic E-state index is 12.8. The van der Waals surface area contributed by atoms with Crippen LogP contribution in [0.1, 0.15) is 11.5 Å². The number of rotatable bonds is 1. The summed E-state index contributed by atoms with van der Waals surface area (Å²) in [5.74, 6) is 0.622. The smallest absolute Gasteiger partial charge is 0.408 e. The third kappa shape index (κ3) is 1.71. The van der Waals surface area contributed by atoms with Crippen molar-refractivity contribution in [1.29, 1.82) is 0 Å². The van der Waals surface area contributed by atoms with Crippen molar-refractivity contribution < 1.29 is 18.7 Å². The zero-order valence-corrected chi connectivity index (χ0v) is 9.26. The van der Waals surface area contributed by atoms with Crippen LogP contribution in [0.25, 0.3) is 11.5 Å². The lowest BCUT2D eigenvalue weighted by atomic mass is 10.2. The summed E-state index contributed by atoms with van der Waals surface area (Å²) < 4.78 is 18.3. The number of amides is 1. The molecule has 1 aromatic carbocycles. The summed E-state index contributed by atoms with van der Waals surface area (Å²) in [5, 5.41) is 8.84. The lowest BCUT2D eigenvalue weighted by Crippen LogP contribution is -2.23. The van der Waals surface area contributed by atoms with Crippen LogP contribution in [0.3, 0.4) is 0 Å². The monoisotopic (exact) mass is 248 g/mol. The number of aromatic nitrogens is 1. The quantitative estimate of drug-likeness (QED) is 0.841. The number of hydrogen-bond acceptors (Lipinski definition) is 3. The molecule has 92 valence electrons. The Labute approximate surface area is 101 Å². The van der Waals surface area contributed by atoms with Crippen molar-refractivity contribution in [2.75, 3.05) is 0 Å². The number of hydrogen-bond donors (Lipinski definition) is 1. The summed E-state index contributed by atoms with van der Waals surface area (Å²) in [6.45, 7) is 0.439. The molecule has 0 aliphatic carbocycles. The Morgan fingerprint density at radius 2 is 2.06 bits per heavy atom. The van der Waals surface area contributed by atoms with Crippen molar-refractivity contribution >= 4 is 6.09 Å². The number of fused-ring (bicyclic) bond motifs is 1. The van der Waals surface area contributed by atoms with E-state index in [2.05, 4.69) is 4.98 Å². The van der Waals surface area contributed by atoms with E-state index < -0.39 is 6.09 Å². The fourth-order valence-corrected chi connectivity index (χ4v) is 1.89. The zero-order valence-electron chi connectivity index (χ0n) is 9.26. The Bertz CT molecular complexity index is 583. The van der Waals surface area contributed by atoms with Gasteiger partial charge in [-0.15, -0.1) is 0 Å². The van der Waals surface area contributed by atoms with E-state index in [1.165, 1.54) is 17.0 Å². The molecule has 2 aromatic rings. The third-order valence-electron chi connectivity index (χ3n) is 2.82. The van der Waals surface area contributed by atoms with E-state index in [9.17, 15) is 9.18 Å². The predicted octanol–water partition coefficient (Wildman–Crippen LogP) is 2.47. The minimum absolute atomic E-state index is 0.207. The van der Waals surface area contributed by atoms with Crippen LogP contribution < -0.4 is 0 Å². The molecule has 0 radical (unpaired) electrons. The first-order chi connectivity index (χ1) is 8.63. The molecule has 2 heterocycles. The number of carbonyl (C=O) groups is 1. The lowest BCUT2D eigenvalue weighted by molar-refractivity contribution is 0.142. The summed E-state index contributed by atoms with van der Waals surface area (Å²) in [4.78, 5) is 16.2. The summed E-state index contributed by atoms with van der Waals surface area (Å²) in [6, 6.07) is 5.80. The second-order valence-electron chi connectivity index (χ2n) is 4.03. The average molecular weight is 248 g/mol. The second-order valence-corrected chi connectivity index (χ2v) is 4.03. The predicted molar refractivity (Wildman–Crippen MR) is 59.2 cm³/mol. The van der Waals surface area contributed by atoms with Crippen LogP contribution in [-0.4, -0.2) is 21.1 Å². The Kier molecular flexibility index (Phi) is 2.29. The van der Waals surface area contributed by atoms with Gasteiger partial charge in [-0.05, 0) is 24.3 Å². The molecule has 1 N–H and O–H groups in total. The number of nitrogens with zero attached hydrogens (tertiary/aromatic N) is 2. The highest BCUT2D eigenvalue weighted by Gasteiger charge is 2.28. The molecule has 5 nitrogen and oxygen atoms in total. The molecule has 0 fully saturated rings. The van der Waals surface area contributed by atoms with Crippen LogP contribution in [-0.2, 0) is 13.1 Å². The summed E-state index contributed by atoms with van der Waals surface area (Å²) >= 11 is 0. The average Bonchev–Trinajstić information content (AvgIpc) is 2.87. The first-order valence-electron chi connectivity index (χ1n) is 5.36. The van der Waals surface area contributed by atoms with Crippen molar-refractivity contribution in [2.24, 2.45) is 0 Å². The van der Waals surface area contributed by atoms with Crippen LogP contribution in [0.4, 0.5) is 9.18 Å². The number of halogens is 1. The fourth-order valence-electron chi connectivity index (χ4n) is 1.89. The largest absolute Gasteiger partial charge is 0.465 e. The van der Waals surface area contributed by atoms with Gasteiger partial charge in [0, 0.05) is 5.56 Å². The molecule has 3 rings (SSSR count). The van der Waals surface area contributed by atoms with E-state index in [0.717, 1.165) is 0 Å². The van der Waals surface area contributed by atoms with Crippen molar-refractivity contribution in [2.45, 2.75) is 13.1 Å². The van der Waals surface area contributed by atoms with Crippen molar-refractivity contribution in [3.63, 3.8) is 0 Å². The molecule has 0 saturated heterocycles. The molecule has 0 atom stereocenters. The summed E-state index contributed by atoms with van der Waals surface area (Å²) in [6.07, 6.45) is -0.994. The van der Waals surface area contributed by atoms with E-state index in [1.807, 2.05) is 0 Å². The molecule has 0 spiro atoms. The molecule has 1 aromatic heterocycles. The molecule has 0 bridgehead atoms. The Morgan fingerprint density at radius 1 is 1.33 bits per heavy atom. The van der Waals surface area contributed by atoms with Gasteiger partial charge in [-0.1, -0.05) is 0 Å². The third-order valence-corrected chi connectivity index (χ3v) is 2.82. The number of benzene rings is 1. The first kappa shape index (κ1) is 10.8. The summed E-state index contributed by atoms with van der Waals surface area (Å²) in [5.41, 5.74) is 1.30. The standard InChI is InChI=1S/C12H9FN2O3/c13-8-3-1-7(2-4-8)11-14-9-5-15(12(16)17)6-10(9)18-11/h1-4H,5-6H2,(H,16,17). The Balaban J connectivity index is 1.89. The van der Waals surface area contributed by atoms with Crippen LogP contribution in [0.15, 0.2) is 28.7 Å². The molecule has 1 aliphatic heterocycles. The van der Waals surface area contributed by atoms with E-state index in [4.69, 9.17) is 9.52 Å². The first-order valence-corrected chi connectivity index (χ1v) is 5.36. The molecule has 6 heteroatoms. The summed E-state index contributed by atoms with van der Waals surface area (Å²) in [7, 11) is 0. The van der Waals surface area contributed by atoms with E-state index in [1.54, 1.807) is 12.1 Å². The second kappa shape index (κ2) is 3.83. The maximum Gasteiger partial charge on any atom is 0.408 e. The van der Waals surface area contributed by atoms with Gasteiger partial charge in [-0.3, -0.25) is 4.90 Å². The highest BCUT2D eigenvalue weighted by atomic mass is 19.1. The van der Waals surface area contributed by atoms with Crippen molar-refractivity contribution in [1.82, 2.24) is 9.88 Å². The van der Waals surface area contributed by atoms with Gasteiger partial charge in [0.1, 0.15) is 17.3 Å². The van der Waals surface area contributed by atoms with Gasteiger partial charge in [0.2, 0.25) is 5.89 Å². The number of oxazole rings is 1. The Morgan fingerprint density at radius 3 is 2.67 bits per heavy atom. The molecule has 0 saturated carbocycles. The van der Waals surface area contributed by atoms with Gasteiger partial charge in [-0.25, -0.2) is 14.2 Å². The molecule has 18 heavy (non-hydrogen) atoms. The van der Waals surface area contributed by atoms with Crippen molar-refractivity contribution in [3.8, 4) is 11.5 Å². The molecule has 1 amide bonds. The lowest BCUT2D eigenvalue weighted by Gasteiger charge is -2.08. The highest BCUT2D eigenvalue weighted by molar-refractivity contribution is 5.66. The van der Waals surface area contributed by atoms with E-state index in [-0.39, 0.29) is 18.9 Å². The molecular weight excluding hydrogens is 239 g/mol. The van der Waals surface area contributed by atoms with Crippen LogP contribution >= 0.6 is 0 Å².